The quantitative estimate of drug-likeness (QED) is 0.510. The third-order valence-corrected chi connectivity index (χ3v) is 7.07. The van der Waals surface area contributed by atoms with Gasteiger partial charge in [0.1, 0.15) is 17.0 Å². The Labute approximate surface area is 219 Å². The molecule has 2 atom stereocenters. The normalized spacial score (nSPS) is 21.2. The van der Waals surface area contributed by atoms with Crippen molar-refractivity contribution in [3.8, 4) is 5.88 Å². The summed E-state index contributed by atoms with van der Waals surface area (Å²) in [4.78, 5) is 42.3. The summed E-state index contributed by atoms with van der Waals surface area (Å²) in [7, 11) is 0. The number of para-hydroxylation sites is 2. The monoisotopic (exact) mass is 515 g/mol. The number of aromatic amines is 1. The predicted octanol–water partition coefficient (Wildman–Crippen LogP) is 3.95. The highest BCUT2D eigenvalue weighted by Crippen LogP contribution is 2.36. The van der Waals surface area contributed by atoms with Gasteiger partial charge >= 0.3 is 6.09 Å². The minimum absolute atomic E-state index is 0.0100. The van der Waals surface area contributed by atoms with Gasteiger partial charge in [0.2, 0.25) is 0 Å². The fourth-order valence-corrected chi connectivity index (χ4v) is 5.46. The summed E-state index contributed by atoms with van der Waals surface area (Å²) < 4.78 is 5.51. The number of carbonyl (C=O) groups is 2. The lowest BCUT2D eigenvalue weighted by atomic mass is 10.0. The Morgan fingerprint density at radius 2 is 1.79 bits per heavy atom. The molecule has 0 spiro atoms. The van der Waals surface area contributed by atoms with Crippen molar-refractivity contribution < 1.29 is 24.3 Å². The highest BCUT2D eigenvalue weighted by atomic mass is 16.6. The summed E-state index contributed by atoms with van der Waals surface area (Å²) in [5.41, 5.74) is 3.14. The number of aromatic hydroxyl groups is 1. The van der Waals surface area contributed by atoms with Crippen LogP contribution in [0.25, 0.3) is 10.9 Å². The molecule has 6 rings (SSSR count). The standard InChI is InChI=1S/C28H29N5O5/c1-28(2,3)38-27(36)33-14-16-12-17(33)13-32(16)22(34)15-37-31-24-19-9-5-7-11-21(19)29-25(24)23-18-8-4-6-10-20(18)30-26(23)35/h4-11,16-17,30,35H,12-15H2,1-3H3/b31-24+/t16-,17-/m1/s1. The van der Waals surface area contributed by atoms with E-state index in [1.54, 1.807) is 9.80 Å². The molecule has 2 bridgehead atoms. The first-order valence-corrected chi connectivity index (χ1v) is 12.7. The third-order valence-electron chi connectivity index (χ3n) is 7.07. The van der Waals surface area contributed by atoms with Crippen LogP contribution in [-0.2, 0) is 14.4 Å². The second-order valence-electron chi connectivity index (χ2n) is 10.8. The number of hydrogen-bond donors (Lipinski definition) is 2. The van der Waals surface area contributed by atoms with Gasteiger partial charge in [0.25, 0.3) is 5.91 Å². The zero-order valence-electron chi connectivity index (χ0n) is 21.5. The molecule has 4 heterocycles. The molecule has 2 N–H and O–H groups in total. The minimum Gasteiger partial charge on any atom is -0.494 e. The van der Waals surface area contributed by atoms with E-state index >= 15 is 0 Å². The number of fused-ring (bicyclic) bond motifs is 4. The Bertz CT molecular complexity index is 1500. The highest BCUT2D eigenvalue weighted by Gasteiger charge is 2.48. The topological polar surface area (TPSA) is 120 Å². The van der Waals surface area contributed by atoms with E-state index in [0.717, 1.165) is 22.9 Å². The van der Waals surface area contributed by atoms with Crippen LogP contribution in [0.4, 0.5) is 10.5 Å². The number of carbonyl (C=O) groups excluding carboxylic acids is 2. The average Bonchev–Trinajstić information content (AvgIpc) is 3.63. The second-order valence-corrected chi connectivity index (χ2v) is 10.8. The molecule has 0 aliphatic carbocycles. The Kier molecular flexibility index (Phi) is 5.62. The van der Waals surface area contributed by atoms with Crippen molar-refractivity contribution in [2.45, 2.75) is 44.9 Å². The van der Waals surface area contributed by atoms with Gasteiger partial charge in [-0.25, -0.2) is 9.79 Å². The minimum atomic E-state index is -0.564. The number of hydrogen-bond acceptors (Lipinski definition) is 7. The van der Waals surface area contributed by atoms with Gasteiger partial charge in [-0.15, -0.1) is 0 Å². The molecule has 2 amide bonds. The lowest BCUT2D eigenvalue weighted by Gasteiger charge is -2.35. The summed E-state index contributed by atoms with van der Waals surface area (Å²) in [6.45, 7) is 6.17. The van der Waals surface area contributed by atoms with Crippen LogP contribution in [0.5, 0.6) is 5.88 Å². The summed E-state index contributed by atoms with van der Waals surface area (Å²) in [5, 5.41) is 15.8. The van der Waals surface area contributed by atoms with Crippen molar-refractivity contribution in [1.82, 2.24) is 14.8 Å². The van der Waals surface area contributed by atoms with Crippen LogP contribution >= 0.6 is 0 Å². The van der Waals surface area contributed by atoms with Crippen LogP contribution in [-0.4, -0.2) is 80.7 Å². The van der Waals surface area contributed by atoms with Crippen molar-refractivity contribution >= 4 is 40.0 Å². The smallest absolute Gasteiger partial charge is 0.410 e. The number of rotatable bonds is 4. The Hall–Kier alpha value is -4.34. The molecule has 0 unspecified atom stereocenters. The van der Waals surface area contributed by atoms with E-state index in [2.05, 4.69) is 10.1 Å². The summed E-state index contributed by atoms with van der Waals surface area (Å²) in [6.07, 6.45) is 0.385. The fourth-order valence-electron chi connectivity index (χ4n) is 5.46. The Balaban J connectivity index is 1.17. The maximum absolute atomic E-state index is 13.0. The number of aliphatic imine (C=N–C) groups is 1. The molecule has 3 aliphatic heterocycles. The van der Waals surface area contributed by atoms with Crippen LogP contribution in [0.1, 0.15) is 38.3 Å². The number of piperazine rings is 1. The van der Waals surface area contributed by atoms with Crippen LogP contribution in [0.3, 0.4) is 0 Å². The number of amides is 2. The maximum Gasteiger partial charge on any atom is 0.410 e. The fraction of sp³-hybridized carbons (Fsp3) is 0.357. The van der Waals surface area contributed by atoms with E-state index in [4.69, 9.17) is 14.6 Å². The zero-order valence-corrected chi connectivity index (χ0v) is 21.5. The number of ether oxygens (including phenoxy) is 1. The van der Waals surface area contributed by atoms with Crippen LogP contribution in [0.15, 0.2) is 58.7 Å². The summed E-state index contributed by atoms with van der Waals surface area (Å²) in [5.74, 6) is -0.199. The first-order chi connectivity index (χ1) is 18.2. The molecular formula is C28H29N5O5. The molecule has 2 saturated heterocycles. The molecule has 2 aromatic carbocycles. The van der Waals surface area contributed by atoms with Crippen molar-refractivity contribution in [2.75, 3.05) is 19.7 Å². The van der Waals surface area contributed by atoms with E-state index in [9.17, 15) is 14.7 Å². The molecule has 0 radical (unpaired) electrons. The van der Waals surface area contributed by atoms with Gasteiger partial charge in [-0.05, 0) is 39.3 Å². The largest absolute Gasteiger partial charge is 0.494 e. The number of aromatic nitrogens is 1. The van der Waals surface area contributed by atoms with Crippen molar-refractivity contribution in [1.29, 1.82) is 0 Å². The van der Waals surface area contributed by atoms with E-state index in [0.29, 0.717) is 35.8 Å². The van der Waals surface area contributed by atoms with Gasteiger partial charge in [-0.3, -0.25) is 4.79 Å². The van der Waals surface area contributed by atoms with E-state index < -0.39 is 5.60 Å². The number of nitrogens with one attached hydrogen (secondary N) is 1. The molecule has 3 aromatic rings. The average molecular weight is 516 g/mol. The molecule has 2 fully saturated rings. The third kappa shape index (κ3) is 4.15. The van der Waals surface area contributed by atoms with Crippen LogP contribution in [0.2, 0.25) is 0 Å². The molecule has 38 heavy (non-hydrogen) atoms. The van der Waals surface area contributed by atoms with Gasteiger partial charge in [0.05, 0.1) is 23.3 Å². The Morgan fingerprint density at radius 3 is 2.55 bits per heavy atom. The van der Waals surface area contributed by atoms with Gasteiger partial charge in [-0.2, -0.15) is 0 Å². The van der Waals surface area contributed by atoms with E-state index in [-0.39, 0.29) is 36.6 Å². The molecule has 1 aromatic heterocycles. The lowest BCUT2D eigenvalue weighted by molar-refractivity contribution is -0.138. The van der Waals surface area contributed by atoms with E-state index in [1.807, 2.05) is 69.3 Å². The maximum atomic E-state index is 13.0. The molecule has 3 aliphatic rings. The Morgan fingerprint density at radius 1 is 1.08 bits per heavy atom. The van der Waals surface area contributed by atoms with Crippen molar-refractivity contribution in [2.24, 2.45) is 10.1 Å². The van der Waals surface area contributed by atoms with Crippen LogP contribution < -0.4 is 0 Å². The number of H-pyrrole nitrogens is 1. The van der Waals surface area contributed by atoms with Crippen molar-refractivity contribution in [3.05, 3.63) is 59.7 Å². The SMILES string of the molecule is CC(C)(C)OC(=O)N1C[C@H]2C[C@@H]1CN2C(=O)CO/N=C1/C(c2c(O)[nH]c3ccccc23)=Nc2ccccc21. The first-order valence-electron chi connectivity index (χ1n) is 12.7. The molecule has 10 heteroatoms. The van der Waals surface area contributed by atoms with Crippen molar-refractivity contribution in [3.63, 3.8) is 0 Å². The molecule has 196 valence electrons. The second kappa shape index (κ2) is 8.90. The summed E-state index contributed by atoms with van der Waals surface area (Å²) in [6, 6.07) is 14.9. The lowest BCUT2D eigenvalue weighted by Crippen LogP contribution is -2.52. The number of benzene rings is 2. The first kappa shape index (κ1) is 24.0. The highest BCUT2D eigenvalue weighted by molar-refractivity contribution is 6.58. The number of likely N-dealkylation sites (tertiary alicyclic amines) is 2. The number of nitrogens with zero attached hydrogens (tertiary/aromatic N) is 4. The van der Waals surface area contributed by atoms with Crippen LogP contribution in [0, 0.1) is 0 Å². The molecular weight excluding hydrogens is 486 g/mol. The predicted molar refractivity (Wildman–Crippen MR) is 142 cm³/mol. The summed E-state index contributed by atoms with van der Waals surface area (Å²) >= 11 is 0. The van der Waals surface area contributed by atoms with Gasteiger partial charge in [0.15, 0.2) is 12.5 Å². The zero-order chi connectivity index (χ0) is 26.6. The van der Waals surface area contributed by atoms with E-state index in [1.165, 1.54) is 0 Å². The number of oxime groups is 1. The van der Waals surface area contributed by atoms with Gasteiger partial charge in [0, 0.05) is 29.6 Å². The van der Waals surface area contributed by atoms with Gasteiger partial charge < -0.3 is 29.5 Å². The molecule has 10 nitrogen and oxygen atoms in total. The molecule has 0 saturated carbocycles. The van der Waals surface area contributed by atoms with Gasteiger partial charge in [-0.1, -0.05) is 41.6 Å².